The van der Waals surface area contributed by atoms with E-state index in [0.717, 1.165) is 41.7 Å². The predicted octanol–water partition coefficient (Wildman–Crippen LogP) is 8.16. The van der Waals surface area contributed by atoms with Crippen LogP contribution < -0.4 is 4.74 Å². The second-order valence-corrected chi connectivity index (χ2v) is 10.9. The number of aromatic amines is 1. The Morgan fingerprint density at radius 1 is 1.13 bits per heavy atom. The molecule has 202 valence electrons. The zero-order valence-electron chi connectivity index (χ0n) is 22.8. The van der Waals surface area contributed by atoms with Crippen LogP contribution in [0.2, 0.25) is 0 Å². The molecule has 3 aliphatic rings. The summed E-state index contributed by atoms with van der Waals surface area (Å²) in [5.74, 6) is 6.65. The Bertz CT molecular complexity index is 1610. The molecule has 0 atom stereocenters. The van der Waals surface area contributed by atoms with E-state index in [4.69, 9.17) is 4.74 Å². The lowest BCUT2D eigenvalue weighted by molar-refractivity contribution is 0.142. The van der Waals surface area contributed by atoms with Gasteiger partial charge in [-0.3, -0.25) is 4.99 Å². The van der Waals surface area contributed by atoms with E-state index in [1.165, 1.54) is 28.9 Å². The summed E-state index contributed by atoms with van der Waals surface area (Å²) in [6.07, 6.45) is 5.70. The molecule has 0 saturated heterocycles. The van der Waals surface area contributed by atoms with Gasteiger partial charge in [0.1, 0.15) is 5.75 Å². The van der Waals surface area contributed by atoms with E-state index in [1.807, 2.05) is 24.4 Å². The van der Waals surface area contributed by atoms with Gasteiger partial charge in [-0.05, 0) is 79.0 Å². The van der Waals surface area contributed by atoms with Crippen molar-refractivity contribution in [2.24, 2.45) is 10.4 Å². The van der Waals surface area contributed by atoms with Gasteiger partial charge in [-0.25, -0.2) is 18.7 Å². The Labute approximate surface area is 229 Å². The number of aromatic nitrogens is 3. The molecule has 3 aromatic rings. The first-order valence-electron chi connectivity index (χ1n) is 13.2. The predicted molar refractivity (Wildman–Crippen MR) is 153 cm³/mol. The maximum Gasteiger partial charge on any atom is 0.295 e. The van der Waals surface area contributed by atoms with Crippen LogP contribution in [0, 0.1) is 17.3 Å². The number of halogens is 2. The van der Waals surface area contributed by atoms with Gasteiger partial charge >= 0.3 is 0 Å². The molecule has 1 N–H and O–H groups in total. The molecule has 0 amide bonds. The van der Waals surface area contributed by atoms with E-state index in [9.17, 15) is 8.78 Å². The van der Waals surface area contributed by atoms with Crippen molar-refractivity contribution in [2.45, 2.75) is 66.2 Å². The monoisotopic (exact) mass is 528 g/mol. The average Bonchev–Trinajstić information content (AvgIpc) is 3.28. The molecule has 1 saturated carbocycles. The zero-order chi connectivity index (χ0) is 27.6. The molecule has 1 aliphatic carbocycles. The Kier molecular flexibility index (Phi) is 7.50. The molecule has 1 aromatic carbocycles. The van der Waals surface area contributed by atoms with Crippen molar-refractivity contribution in [2.75, 3.05) is 6.61 Å². The zero-order valence-corrected chi connectivity index (χ0v) is 22.8. The Balaban J connectivity index is 0.000000200. The molecular formula is C32H34F2N4O. The van der Waals surface area contributed by atoms with Gasteiger partial charge < -0.3 is 9.72 Å². The van der Waals surface area contributed by atoms with Crippen LogP contribution in [0.5, 0.6) is 5.75 Å². The molecule has 0 bridgehead atoms. The van der Waals surface area contributed by atoms with Crippen molar-refractivity contribution in [3.05, 3.63) is 70.5 Å². The molecular weight excluding hydrogens is 494 g/mol. The largest absolute Gasteiger partial charge is 0.492 e. The lowest BCUT2D eigenvalue weighted by Gasteiger charge is -2.33. The first kappa shape index (κ1) is 26.6. The molecule has 0 radical (unpaired) electrons. The van der Waals surface area contributed by atoms with E-state index in [2.05, 4.69) is 65.2 Å². The quantitative estimate of drug-likeness (QED) is 0.270. The van der Waals surface area contributed by atoms with Crippen LogP contribution in [0.4, 0.5) is 8.78 Å². The number of hydrogen-bond acceptors (Lipinski definition) is 4. The van der Waals surface area contributed by atoms with E-state index < -0.39 is 6.43 Å². The standard InChI is InChI=1S/C18H13F2N3O.C14H19N.H2/c19-16(20)18-22-14-9-13(10-21-17(14)23-18)11-5-6-15-12(8-11)4-2-1-3-7-24-15;1-10-6-8-15-13-5-7-14(3,4)9-12(13)11(10)2;/h5-6,8-10,16H,3-4,7H2,(H,21,22,23);8H,5,7,9H2,1-4H3;1H. The van der Waals surface area contributed by atoms with E-state index >= 15 is 0 Å². The highest BCUT2D eigenvalue weighted by Gasteiger charge is 2.29. The lowest BCUT2D eigenvalue weighted by Crippen LogP contribution is -2.24. The average molecular weight is 529 g/mol. The molecule has 39 heavy (non-hydrogen) atoms. The van der Waals surface area contributed by atoms with E-state index in [1.54, 1.807) is 12.3 Å². The van der Waals surface area contributed by atoms with Crippen LogP contribution in [0.1, 0.15) is 72.6 Å². The van der Waals surface area contributed by atoms with Crippen molar-refractivity contribution in [3.63, 3.8) is 0 Å². The number of ether oxygens (including phenoxy) is 1. The number of benzene rings is 1. The number of hydrogen-bond donors (Lipinski definition) is 1. The van der Waals surface area contributed by atoms with E-state index in [-0.39, 0.29) is 12.9 Å². The number of rotatable bonds is 2. The highest BCUT2D eigenvalue weighted by Crippen LogP contribution is 2.39. The molecule has 6 rings (SSSR count). The van der Waals surface area contributed by atoms with E-state index in [0.29, 0.717) is 24.0 Å². The van der Waals surface area contributed by atoms with Crippen LogP contribution in [0.25, 0.3) is 22.3 Å². The van der Waals surface area contributed by atoms with Gasteiger partial charge in [0.15, 0.2) is 11.5 Å². The number of allylic oxidation sites excluding steroid dienone is 3. The normalized spacial score (nSPS) is 17.7. The number of H-pyrrole nitrogens is 1. The number of nitrogens with one attached hydrogen (secondary N) is 1. The Morgan fingerprint density at radius 3 is 2.79 bits per heavy atom. The van der Waals surface area contributed by atoms with Gasteiger partial charge in [0.25, 0.3) is 6.43 Å². The second kappa shape index (κ2) is 11.0. The number of imidazole rings is 1. The first-order chi connectivity index (χ1) is 18.7. The van der Waals surface area contributed by atoms with Gasteiger partial charge in [0.05, 0.1) is 18.3 Å². The highest BCUT2D eigenvalue weighted by atomic mass is 19.3. The van der Waals surface area contributed by atoms with Crippen LogP contribution in [0.3, 0.4) is 0 Å². The fourth-order valence-electron chi connectivity index (χ4n) is 4.99. The minimum atomic E-state index is -2.64. The summed E-state index contributed by atoms with van der Waals surface area (Å²) in [7, 11) is 0. The SMILES string of the molecule is CC1=C=CN=C2CCC(C)(C)CC2=C1C.FC(F)c1nc2ncc(-c3ccc4c(c3)CC#CCCO4)cc2[nH]1.[HH]. The van der Waals surface area contributed by atoms with Gasteiger partial charge in [-0.2, -0.15) is 0 Å². The summed E-state index contributed by atoms with van der Waals surface area (Å²) in [4.78, 5) is 15.1. The van der Waals surface area contributed by atoms with Crippen molar-refractivity contribution in [1.82, 2.24) is 15.0 Å². The Hall–Kier alpha value is -4.01. The summed E-state index contributed by atoms with van der Waals surface area (Å²) in [6.45, 7) is 9.60. The number of nitrogens with zero attached hydrogens (tertiary/aromatic N) is 3. The smallest absolute Gasteiger partial charge is 0.295 e. The van der Waals surface area contributed by atoms with Crippen LogP contribution >= 0.6 is 0 Å². The molecule has 0 spiro atoms. The van der Waals surface area contributed by atoms with Crippen LogP contribution in [-0.2, 0) is 6.42 Å². The third-order valence-electron chi connectivity index (χ3n) is 7.40. The molecule has 2 aromatic heterocycles. The molecule has 2 aliphatic heterocycles. The van der Waals surface area contributed by atoms with Gasteiger partial charge in [0.2, 0.25) is 0 Å². The third-order valence-corrected chi connectivity index (χ3v) is 7.40. The van der Waals surface area contributed by atoms with Gasteiger partial charge in [-0.15, -0.1) is 0 Å². The number of alkyl halides is 2. The summed E-state index contributed by atoms with van der Waals surface area (Å²) in [6, 6.07) is 7.63. The highest BCUT2D eigenvalue weighted by molar-refractivity contribution is 6.02. The minimum absolute atomic E-state index is 0. The van der Waals surface area contributed by atoms with Gasteiger partial charge in [-0.1, -0.05) is 37.5 Å². The first-order valence-corrected chi connectivity index (χ1v) is 13.2. The van der Waals surface area contributed by atoms with Crippen LogP contribution in [-0.4, -0.2) is 27.3 Å². The molecule has 1 fully saturated rings. The fourth-order valence-corrected chi connectivity index (χ4v) is 4.99. The maximum atomic E-state index is 12.7. The summed E-state index contributed by atoms with van der Waals surface area (Å²) in [5.41, 5.74) is 12.6. The molecule has 0 unspecified atom stereocenters. The molecule has 4 heterocycles. The number of aliphatic imine (C=N–C) groups is 1. The Morgan fingerprint density at radius 2 is 1.97 bits per heavy atom. The lowest BCUT2D eigenvalue weighted by atomic mass is 9.72. The second-order valence-electron chi connectivity index (χ2n) is 10.9. The fraction of sp³-hybridized carbons (Fsp3) is 0.375. The minimum Gasteiger partial charge on any atom is -0.492 e. The summed E-state index contributed by atoms with van der Waals surface area (Å²) >= 11 is 0. The van der Waals surface area contributed by atoms with Crippen molar-refractivity contribution >= 4 is 16.9 Å². The molecule has 7 heteroatoms. The van der Waals surface area contributed by atoms with Crippen LogP contribution in [0.15, 0.2) is 64.1 Å². The van der Waals surface area contributed by atoms with Crippen molar-refractivity contribution in [3.8, 4) is 28.7 Å². The van der Waals surface area contributed by atoms with Crippen molar-refractivity contribution in [1.29, 1.82) is 0 Å². The third kappa shape index (κ3) is 6.02. The summed E-state index contributed by atoms with van der Waals surface area (Å²) < 4.78 is 31.2. The van der Waals surface area contributed by atoms with Gasteiger partial charge in [0, 0.05) is 37.3 Å². The topological polar surface area (TPSA) is 63.2 Å². The maximum absolute atomic E-state index is 12.7. The van der Waals surface area contributed by atoms with Crippen molar-refractivity contribution < 1.29 is 14.9 Å². The number of fused-ring (bicyclic) bond motifs is 3. The number of pyridine rings is 1. The molecule has 5 nitrogen and oxygen atoms in total. The summed E-state index contributed by atoms with van der Waals surface area (Å²) in [5, 5.41) is 0.